The summed E-state index contributed by atoms with van der Waals surface area (Å²) >= 11 is 0. The van der Waals surface area contributed by atoms with Gasteiger partial charge in [0.25, 0.3) is 0 Å². The number of rotatable bonds is 5. The van der Waals surface area contributed by atoms with E-state index in [9.17, 15) is 4.79 Å². The average molecular weight is 369 g/mol. The first-order valence-electron chi connectivity index (χ1n) is 11.0. The Bertz CT molecular complexity index is 633. The van der Waals surface area contributed by atoms with Crippen LogP contribution in [0.1, 0.15) is 69.4 Å². The van der Waals surface area contributed by atoms with Crippen LogP contribution in [0.25, 0.3) is 0 Å². The minimum absolute atomic E-state index is 0.0732. The zero-order chi connectivity index (χ0) is 18.3. The van der Waals surface area contributed by atoms with Crippen molar-refractivity contribution >= 4 is 5.91 Å². The number of nitrogens with one attached hydrogen (secondary N) is 1. The molecule has 146 valence electrons. The molecule has 0 spiro atoms. The Balaban J connectivity index is 1.30. The summed E-state index contributed by atoms with van der Waals surface area (Å²) in [5.74, 6) is 3.40. The van der Waals surface area contributed by atoms with Gasteiger partial charge in [-0.2, -0.15) is 0 Å². The highest BCUT2D eigenvalue weighted by molar-refractivity contribution is 5.77. The molecular formula is C23H32N2O2. The number of carbonyl (C=O) groups is 1. The number of amides is 1. The predicted molar refractivity (Wildman–Crippen MR) is 104 cm³/mol. The molecule has 1 aromatic rings. The lowest BCUT2D eigenvalue weighted by molar-refractivity contribution is -0.130. The summed E-state index contributed by atoms with van der Waals surface area (Å²) < 4.78 is 5.55. The molecule has 2 heterocycles. The highest BCUT2D eigenvalue weighted by atomic mass is 16.5. The molecule has 1 aromatic heterocycles. The zero-order valence-electron chi connectivity index (χ0n) is 16.2. The van der Waals surface area contributed by atoms with Gasteiger partial charge in [0.1, 0.15) is 0 Å². The van der Waals surface area contributed by atoms with Crippen LogP contribution in [-0.4, -0.2) is 24.1 Å². The van der Waals surface area contributed by atoms with Gasteiger partial charge in [0.2, 0.25) is 5.91 Å². The quantitative estimate of drug-likeness (QED) is 0.844. The molecular weight excluding hydrogens is 336 g/mol. The van der Waals surface area contributed by atoms with Gasteiger partial charge in [0.05, 0.1) is 6.04 Å². The van der Waals surface area contributed by atoms with Crippen molar-refractivity contribution in [1.82, 2.24) is 10.3 Å². The number of nitrogens with zero attached hydrogens (tertiary/aromatic N) is 1. The number of ether oxygens (including phenoxy) is 1. The van der Waals surface area contributed by atoms with Crippen LogP contribution in [0, 0.1) is 29.1 Å². The SMILES string of the molecule is O=C(CC12CC3CC(CC(C3)C1)C2)NC(c1cccnc1)C1CCOCC1. The van der Waals surface area contributed by atoms with Crippen molar-refractivity contribution in [2.75, 3.05) is 13.2 Å². The maximum atomic E-state index is 13.2. The number of hydrogen-bond donors (Lipinski definition) is 1. The van der Waals surface area contributed by atoms with Gasteiger partial charge >= 0.3 is 0 Å². The molecule has 4 heteroatoms. The molecule has 4 nitrogen and oxygen atoms in total. The molecule has 1 saturated heterocycles. The van der Waals surface area contributed by atoms with Crippen molar-refractivity contribution in [1.29, 1.82) is 0 Å². The minimum Gasteiger partial charge on any atom is -0.381 e. The fourth-order valence-corrected chi connectivity index (χ4v) is 7.15. The molecule has 1 unspecified atom stereocenters. The van der Waals surface area contributed by atoms with Crippen molar-refractivity contribution in [3.05, 3.63) is 30.1 Å². The minimum atomic E-state index is 0.0732. The van der Waals surface area contributed by atoms with Crippen LogP contribution >= 0.6 is 0 Å². The lowest BCUT2D eigenvalue weighted by Crippen LogP contribution is -2.48. The maximum absolute atomic E-state index is 13.2. The molecule has 1 N–H and O–H groups in total. The van der Waals surface area contributed by atoms with E-state index in [2.05, 4.69) is 16.4 Å². The second kappa shape index (κ2) is 7.20. The third-order valence-corrected chi connectivity index (χ3v) is 7.80. The van der Waals surface area contributed by atoms with E-state index >= 15 is 0 Å². The van der Waals surface area contributed by atoms with Gasteiger partial charge < -0.3 is 10.1 Å². The summed E-state index contributed by atoms with van der Waals surface area (Å²) in [6, 6.07) is 4.16. The Kier molecular flexibility index (Phi) is 4.71. The molecule has 5 fully saturated rings. The largest absolute Gasteiger partial charge is 0.381 e. The van der Waals surface area contributed by atoms with E-state index < -0.39 is 0 Å². The van der Waals surface area contributed by atoms with Crippen molar-refractivity contribution < 1.29 is 9.53 Å². The van der Waals surface area contributed by atoms with Gasteiger partial charge in [-0.05, 0) is 92.1 Å². The molecule has 0 aromatic carbocycles. The Morgan fingerprint density at radius 3 is 2.41 bits per heavy atom. The first-order chi connectivity index (χ1) is 13.2. The Hall–Kier alpha value is -1.42. The van der Waals surface area contributed by atoms with Gasteiger partial charge in [-0.1, -0.05) is 6.07 Å². The molecule has 5 aliphatic rings. The molecule has 0 radical (unpaired) electrons. The summed E-state index contributed by atoms with van der Waals surface area (Å²) in [6.45, 7) is 1.60. The number of carbonyl (C=O) groups excluding carboxylic acids is 1. The standard InChI is InChI=1S/C23H32N2O2/c26-21(14-23-11-16-8-17(12-23)10-18(9-16)13-23)25-22(19-3-6-27-7-4-19)20-2-1-5-24-15-20/h1-2,5,15-19,22H,3-4,6-14H2,(H,25,26). The Morgan fingerprint density at radius 1 is 1.15 bits per heavy atom. The van der Waals surface area contributed by atoms with Gasteiger partial charge in [-0.25, -0.2) is 0 Å². The van der Waals surface area contributed by atoms with Gasteiger partial charge in [0, 0.05) is 32.0 Å². The predicted octanol–water partition coefficient (Wildman–Crippen LogP) is 4.27. The molecule has 27 heavy (non-hydrogen) atoms. The summed E-state index contributed by atoms with van der Waals surface area (Å²) in [7, 11) is 0. The third-order valence-electron chi connectivity index (χ3n) is 7.80. The van der Waals surface area contributed by atoms with Crippen LogP contribution in [0.5, 0.6) is 0 Å². The van der Waals surface area contributed by atoms with Crippen LogP contribution in [0.15, 0.2) is 24.5 Å². The summed E-state index contributed by atoms with van der Waals surface area (Å²) in [6.07, 6.45) is 14.7. The van der Waals surface area contributed by atoms with E-state index in [-0.39, 0.29) is 11.9 Å². The summed E-state index contributed by atoms with van der Waals surface area (Å²) in [4.78, 5) is 17.5. The maximum Gasteiger partial charge on any atom is 0.221 e. The number of hydrogen-bond acceptors (Lipinski definition) is 3. The Morgan fingerprint density at radius 2 is 1.81 bits per heavy atom. The van der Waals surface area contributed by atoms with Gasteiger partial charge in [0.15, 0.2) is 0 Å². The van der Waals surface area contributed by atoms with E-state index in [0.29, 0.717) is 11.3 Å². The van der Waals surface area contributed by atoms with E-state index in [1.54, 1.807) is 0 Å². The van der Waals surface area contributed by atoms with Crippen LogP contribution in [0.2, 0.25) is 0 Å². The van der Waals surface area contributed by atoms with E-state index in [1.165, 1.54) is 38.5 Å². The zero-order valence-corrected chi connectivity index (χ0v) is 16.2. The fourth-order valence-electron chi connectivity index (χ4n) is 7.15. The van der Waals surface area contributed by atoms with Crippen molar-refractivity contribution in [3.63, 3.8) is 0 Å². The molecule has 4 bridgehead atoms. The van der Waals surface area contributed by atoms with Crippen LogP contribution in [0.4, 0.5) is 0 Å². The number of pyridine rings is 1. The molecule has 4 saturated carbocycles. The monoisotopic (exact) mass is 368 g/mol. The summed E-state index contributed by atoms with van der Waals surface area (Å²) in [5.41, 5.74) is 1.44. The first kappa shape index (κ1) is 17.7. The second-order valence-corrected chi connectivity index (χ2v) is 9.88. The molecule has 4 aliphatic carbocycles. The number of aromatic nitrogens is 1. The second-order valence-electron chi connectivity index (χ2n) is 9.88. The van der Waals surface area contributed by atoms with E-state index in [0.717, 1.165) is 55.8 Å². The summed E-state index contributed by atoms with van der Waals surface area (Å²) in [5, 5.41) is 3.44. The molecule has 6 rings (SSSR count). The van der Waals surface area contributed by atoms with Crippen molar-refractivity contribution in [2.24, 2.45) is 29.1 Å². The lowest BCUT2D eigenvalue weighted by Gasteiger charge is -2.56. The van der Waals surface area contributed by atoms with E-state index in [1.807, 2.05) is 18.5 Å². The molecule has 1 atom stereocenters. The van der Waals surface area contributed by atoms with Gasteiger partial charge in [-0.3, -0.25) is 9.78 Å². The third kappa shape index (κ3) is 3.65. The highest BCUT2D eigenvalue weighted by Crippen LogP contribution is 2.61. The fraction of sp³-hybridized carbons (Fsp3) is 0.739. The normalized spacial score (nSPS) is 36.5. The first-order valence-corrected chi connectivity index (χ1v) is 11.0. The highest BCUT2D eigenvalue weighted by Gasteiger charge is 2.51. The molecule has 1 aliphatic heterocycles. The van der Waals surface area contributed by atoms with Crippen LogP contribution in [0.3, 0.4) is 0 Å². The smallest absolute Gasteiger partial charge is 0.221 e. The Labute approximate surface area is 162 Å². The van der Waals surface area contributed by atoms with Crippen LogP contribution in [-0.2, 0) is 9.53 Å². The van der Waals surface area contributed by atoms with Crippen molar-refractivity contribution in [2.45, 2.75) is 63.8 Å². The topological polar surface area (TPSA) is 51.2 Å². The lowest BCUT2D eigenvalue weighted by atomic mass is 9.49. The average Bonchev–Trinajstić information content (AvgIpc) is 2.66. The van der Waals surface area contributed by atoms with Gasteiger partial charge in [-0.15, -0.1) is 0 Å². The molecule has 1 amide bonds. The van der Waals surface area contributed by atoms with E-state index in [4.69, 9.17) is 4.74 Å². The van der Waals surface area contributed by atoms with Crippen LogP contribution < -0.4 is 5.32 Å². The van der Waals surface area contributed by atoms with Crippen molar-refractivity contribution in [3.8, 4) is 0 Å².